The Morgan fingerprint density at radius 3 is 2.62 bits per heavy atom. The molecule has 1 aromatic carbocycles. The normalized spacial score (nSPS) is 29.6. The average Bonchev–Trinajstić information content (AvgIpc) is 2.75. The van der Waals surface area contributed by atoms with Gasteiger partial charge in [0.2, 0.25) is 5.79 Å². The van der Waals surface area contributed by atoms with E-state index in [0.717, 1.165) is 5.56 Å². The first-order valence-corrected chi connectivity index (χ1v) is 6.45. The van der Waals surface area contributed by atoms with E-state index in [1.165, 1.54) is 0 Å². The lowest BCUT2D eigenvalue weighted by molar-refractivity contribution is -0.160. The number of benzene rings is 1. The Bertz CT molecular complexity index is 357. The van der Waals surface area contributed by atoms with Crippen LogP contribution in [0.3, 0.4) is 0 Å². The van der Waals surface area contributed by atoms with Crippen LogP contribution in [0.25, 0.3) is 0 Å². The molecule has 1 heterocycles. The fourth-order valence-corrected chi connectivity index (χ4v) is 2.40. The number of alkyl halides is 1. The van der Waals surface area contributed by atoms with Crippen LogP contribution in [0.2, 0.25) is 5.02 Å². The molecule has 1 fully saturated rings. The molecular formula is C11H12BrClO3. The first-order chi connectivity index (χ1) is 7.70. The van der Waals surface area contributed by atoms with Gasteiger partial charge in [-0.25, -0.2) is 0 Å². The largest absolute Gasteiger partial charge is 0.394 e. The van der Waals surface area contributed by atoms with Gasteiger partial charge in [-0.15, -0.1) is 0 Å². The van der Waals surface area contributed by atoms with Gasteiger partial charge in [0, 0.05) is 10.6 Å². The SMILES string of the molecule is OC[C@H]1CO[C@@](CBr)(c2ccc(Cl)cc2)O1. The lowest BCUT2D eigenvalue weighted by Gasteiger charge is -2.26. The first kappa shape index (κ1) is 12.3. The topological polar surface area (TPSA) is 38.7 Å². The fraction of sp³-hybridized carbons (Fsp3) is 0.455. The molecule has 88 valence electrons. The smallest absolute Gasteiger partial charge is 0.205 e. The molecule has 2 rings (SSSR count). The Kier molecular flexibility index (Phi) is 3.87. The maximum Gasteiger partial charge on any atom is 0.205 e. The third-order valence-corrected chi connectivity index (χ3v) is 3.51. The molecule has 1 aliphatic heterocycles. The molecule has 1 aromatic rings. The van der Waals surface area contributed by atoms with Crippen LogP contribution in [-0.2, 0) is 15.3 Å². The zero-order chi connectivity index (χ0) is 11.6. The van der Waals surface area contributed by atoms with Crippen molar-refractivity contribution in [2.45, 2.75) is 11.9 Å². The van der Waals surface area contributed by atoms with E-state index in [1.54, 1.807) is 12.1 Å². The second-order valence-corrected chi connectivity index (χ2v) is 4.62. The summed E-state index contributed by atoms with van der Waals surface area (Å²) in [6, 6.07) is 7.31. The molecule has 1 N–H and O–H groups in total. The van der Waals surface area contributed by atoms with Crippen molar-refractivity contribution in [3.63, 3.8) is 0 Å². The van der Waals surface area contributed by atoms with E-state index < -0.39 is 5.79 Å². The van der Waals surface area contributed by atoms with Gasteiger partial charge in [-0.2, -0.15) is 0 Å². The number of hydrogen-bond donors (Lipinski definition) is 1. The van der Waals surface area contributed by atoms with Gasteiger partial charge < -0.3 is 14.6 Å². The van der Waals surface area contributed by atoms with Crippen molar-refractivity contribution in [1.29, 1.82) is 0 Å². The molecule has 0 bridgehead atoms. The molecule has 0 saturated carbocycles. The summed E-state index contributed by atoms with van der Waals surface area (Å²) in [7, 11) is 0. The van der Waals surface area contributed by atoms with E-state index in [9.17, 15) is 0 Å². The third-order valence-electron chi connectivity index (χ3n) is 2.52. The summed E-state index contributed by atoms with van der Waals surface area (Å²) < 4.78 is 11.4. The number of ether oxygens (including phenoxy) is 2. The van der Waals surface area contributed by atoms with Crippen molar-refractivity contribution in [1.82, 2.24) is 0 Å². The number of hydrogen-bond acceptors (Lipinski definition) is 3. The monoisotopic (exact) mass is 306 g/mol. The highest BCUT2D eigenvalue weighted by atomic mass is 79.9. The summed E-state index contributed by atoms with van der Waals surface area (Å²) >= 11 is 9.21. The molecule has 0 radical (unpaired) electrons. The quantitative estimate of drug-likeness (QED) is 0.871. The van der Waals surface area contributed by atoms with E-state index in [4.69, 9.17) is 26.2 Å². The average molecular weight is 308 g/mol. The number of aliphatic hydroxyl groups is 1. The van der Waals surface area contributed by atoms with Gasteiger partial charge in [0.15, 0.2) is 0 Å². The van der Waals surface area contributed by atoms with Crippen LogP contribution < -0.4 is 0 Å². The van der Waals surface area contributed by atoms with Crippen molar-refractivity contribution in [3.05, 3.63) is 34.9 Å². The highest BCUT2D eigenvalue weighted by Gasteiger charge is 2.42. The Morgan fingerprint density at radius 2 is 2.12 bits per heavy atom. The zero-order valence-electron chi connectivity index (χ0n) is 8.53. The van der Waals surface area contributed by atoms with Crippen molar-refractivity contribution in [3.8, 4) is 0 Å². The maximum absolute atomic E-state index is 9.04. The van der Waals surface area contributed by atoms with Gasteiger partial charge in [0.25, 0.3) is 0 Å². The minimum absolute atomic E-state index is 0.0393. The van der Waals surface area contributed by atoms with Crippen LogP contribution >= 0.6 is 27.5 Å². The predicted octanol–water partition coefficient (Wildman–Crippen LogP) is 2.30. The molecule has 0 unspecified atom stereocenters. The second-order valence-electron chi connectivity index (χ2n) is 3.63. The minimum atomic E-state index is -0.808. The molecular weight excluding hydrogens is 295 g/mol. The lowest BCUT2D eigenvalue weighted by Crippen LogP contribution is -2.30. The molecule has 16 heavy (non-hydrogen) atoms. The van der Waals surface area contributed by atoms with Crippen molar-refractivity contribution < 1.29 is 14.6 Å². The van der Waals surface area contributed by atoms with Gasteiger partial charge >= 0.3 is 0 Å². The van der Waals surface area contributed by atoms with Crippen LogP contribution in [0.4, 0.5) is 0 Å². The van der Waals surface area contributed by atoms with Crippen LogP contribution in [-0.4, -0.2) is 29.8 Å². The van der Waals surface area contributed by atoms with E-state index in [2.05, 4.69) is 15.9 Å². The molecule has 3 nitrogen and oxygen atoms in total. The Labute approximate surface area is 107 Å². The van der Waals surface area contributed by atoms with Gasteiger partial charge in [-0.3, -0.25) is 0 Å². The lowest BCUT2D eigenvalue weighted by atomic mass is 10.1. The zero-order valence-corrected chi connectivity index (χ0v) is 10.9. The van der Waals surface area contributed by atoms with E-state index in [0.29, 0.717) is 17.0 Å². The minimum Gasteiger partial charge on any atom is -0.394 e. The third kappa shape index (κ3) is 2.26. The summed E-state index contributed by atoms with van der Waals surface area (Å²) in [6.07, 6.45) is -0.270. The number of rotatable bonds is 3. The molecule has 2 atom stereocenters. The first-order valence-electron chi connectivity index (χ1n) is 4.95. The number of aliphatic hydroxyl groups excluding tert-OH is 1. The van der Waals surface area contributed by atoms with Crippen molar-refractivity contribution in [2.24, 2.45) is 0 Å². The van der Waals surface area contributed by atoms with Crippen molar-refractivity contribution in [2.75, 3.05) is 18.5 Å². The highest BCUT2D eigenvalue weighted by Crippen LogP contribution is 2.36. The molecule has 0 amide bonds. The van der Waals surface area contributed by atoms with Crippen LogP contribution in [0.5, 0.6) is 0 Å². The summed E-state index contributed by atoms with van der Waals surface area (Å²) in [5, 5.41) is 10.2. The fourth-order valence-electron chi connectivity index (χ4n) is 1.66. The predicted molar refractivity (Wildman–Crippen MR) is 64.8 cm³/mol. The molecule has 5 heteroatoms. The van der Waals surface area contributed by atoms with E-state index >= 15 is 0 Å². The molecule has 1 saturated heterocycles. The summed E-state index contributed by atoms with van der Waals surface area (Å²) in [5.41, 5.74) is 0.893. The Hall–Kier alpha value is -0.130. The van der Waals surface area contributed by atoms with Gasteiger partial charge in [0.1, 0.15) is 6.10 Å². The van der Waals surface area contributed by atoms with E-state index in [1.807, 2.05) is 12.1 Å². The standard InChI is InChI=1S/C11H12BrClO3/c12-7-11(15-6-10(5-14)16-11)8-1-3-9(13)4-2-8/h1-4,10,14H,5-7H2/t10-,11+/m0/s1. The number of halogens is 2. The molecule has 0 aliphatic carbocycles. The van der Waals surface area contributed by atoms with E-state index in [-0.39, 0.29) is 12.7 Å². The second kappa shape index (κ2) is 5.02. The molecule has 0 spiro atoms. The summed E-state index contributed by atoms with van der Waals surface area (Å²) in [4.78, 5) is 0. The van der Waals surface area contributed by atoms with Crippen LogP contribution in [0.1, 0.15) is 5.56 Å². The van der Waals surface area contributed by atoms with Gasteiger partial charge in [-0.1, -0.05) is 39.7 Å². The Balaban J connectivity index is 2.25. The summed E-state index contributed by atoms with van der Waals surface area (Å²) in [5.74, 6) is -0.808. The van der Waals surface area contributed by atoms with Gasteiger partial charge in [0.05, 0.1) is 18.5 Å². The maximum atomic E-state index is 9.04. The molecule has 0 aromatic heterocycles. The molecule has 1 aliphatic rings. The van der Waals surface area contributed by atoms with Crippen molar-refractivity contribution >= 4 is 27.5 Å². The van der Waals surface area contributed by atoms with Gasteiger partial charge in [-0.05, 0) is 12.1 Å². The summed E-state index contributed by atoms with van der Waals surface area (Å²) in [6.45, 7) is 0.354. The van der Waals surface area contributed by atoms with Crippen LogP contribution in [0.15, 0.2) is 24.3 Å². The highest BCUT2D eigenvalue weighted by molar-refractivity contribution is 9.09. The van der Waals surface area contributed by atoms with Crippen LogP contribution in [0, 0.1) is 0 Å². The Morgan fingerprint density at radius 1 is 1.44 bits per heavy atom.